The molecule has 2 aliphatic rings. The number of rotatable bonds is 3. The highest BCUT2D eigenvalue weighted by molar-refractivity contribution is 7.93. The van der Waals surface area contributed by atoms with Crippen LogP contribution in [-0.4, -0.2) is 23.9 Å². The molecule has 21 heavy (non-hydrogen) atoms. The lowest BCUT2D eigenvalue weighted by atomic mass is 9.74. The molecule has 0 spiro atoms. The molecule has 4 heteroatoms. The second-order valence-corrected chi connectivity index (χ2v) is 8.54. The van der Waals surface area contributed by atoms with Crippen LogP contribution in [0.2, 0.25) is 0 Å². The fraction of sp³-hybridized carbons (Fsp3) is 0.529. The van der Waals surface area contributed by atoms with Crippen LogP contribution >= 0.6 is 0 Å². The van der Waals surface area contributed by atoms with Crippen LogP contribution in [0.15, 0.2) is 47.4 Å². The van der Waals surface area contributed by atoms with Gasteiger partial charge < -0.3 is 5.11 Å². The van der Waals surface area contributed by atoms with Gasteiger partial charge in [-0.05, 0) is 37.8 Å². The van der Waals surface area contributed by atoms with Gasteiger partial charge >= 0.3 is 0 Å². The van der Waals surface area contributed by atoms with Crippen molar-refractivity contribution < 1.29 is 13.5 Å². The Hall–Kier alpha value is -1.13. The lowest BCUT2D eigenvalue weighted by Crippen LogP contribution is -2.58. The van der Waals surface area contributed by atoms with Gasteiger partial charge in [0.2, 0.25) is 0 Å². The molecule has 1 aromatic rings. The van der Waals surface area contributed by atoms with E-state index in [1.807, 2.05) is 18.2 Å². The highest BCUT2D eigenvalue weighted by Crippen LogP contribution is 2.50. The fourth-order valence-corrected chi connectivity index (χ4v) is 6.20. The predicted molar refractivity (Wildman–Crippen MR) is 82.8 cm³/mol. The van der Waals surface area contributed by atoms with Crippen LogP contribution in [0.4, 0.5) is 0 Å². The van der Waals surface area contributed by atoms with Crippen molar-refractivity contribution >= 4 is 9.84 Å². The molecule has 3 rings (SSSR count). The van der Waals surface area contributed by atoms with Gasteiger partial charge in [0, 0.05) is 0 Å². The molecule has 1 aromatic carbocycles. The normalized spacial score (nSPS) is 24.0. The van der Waals surface area contributed by atoms with Crippen molar-refractivity contribution in [3.05, 3.63) is 42.5 Å². The topological polar surface area (TPSA) is 54.4 Å². The third kappa shape index (κ3) is 2.16. The summed E-state index contributed by atoms with van der Waals surface area (Å²) in [6.45, 7) is 0. The van der Waals surface area contributed by atoms with Gasteiger partial charge in [-0.3, -0.25) is 0 Å². The van der Waals surface area contributed by atoms with E-state index in [0.717, 1.165) is 19.3 Å². The van der Waals surface area contributed by atoms with Crippen molar-refractivity contribution in [1.82, 2.24) is 0 Å². The Balaban J connectivity index is 2.10. The number of hydrogen-bond donors (Lipinski definition) is 1. The molecule has 114 valence electrons. The average molecular weight is 306 g/mol. The highest BCUT2D eigenvalue weighted by atomic mass is 32.2. The first kappa shape index (κ1) is 14.8. The molecule has 1 saturated carbocycles. The predicted octanol–water partition coefficient (Wildman–Crippen LogP) is 3.24. The third-order valence-electron chi connectivity index (χ3n) is 5.16. The molecule has 0 heterocycles. The van der Waals surface area contributed by atoms with Gasteiger partial charge in [-0.2, -0.15) is 0 Å². The van der Waals surface area contributed by atoms with Crippen LogP contribution < -0.4 is 0 Å². The minimum absolute atomic E-state index is 0.327. The number of benzene rings is 1. The first-order valence-corrected chi connectivity index (χ1v) is 9.17. The van der Waals surface area contributed by atoms with Crippen LogP contribution in [0, 0.1) is 0 Å². The van der Waals surface area contributed by atoms with Crippen LogP contribution in [0.3, 0.4) is 0 Å². The fourth-order valence-electron chi connectivity index (χ4n) is 3.90. The van der Waals surface area contributed by atoms with Crippen LogP contribution in [0.25, 0.3) is 0 Å². The molecular weight excluding hydrogens is 284 g/mol. The molecule has 0 saturated heterocycles. The van der Waals surface area contributed by atoms with E-state index in [-0.39, 0.29) is 0 Å². The van der Waals surface area contributed by atoms with E-state index in [2.05, 4.69) is 0 Å². The van der Waals surface area contributed by atoms with Crippen molar-refractivity contribution in [2.75, 3.05) is 0 Å². The van der Waals surface area contributed by atoms with Gasteiger partial charge in [0.25, 0.3) is 0 Å². The first-order chi connectivity index (χ1) is 10.0. The van der Waals surface area contributed by atoms with E-state index in [1.54, 1.807) is 24.3 Å². The Morgan fingerprint density at radius 1 is 0.905 bits per heavy atom. The summed E-state index contributed by atoms with van der Waals surface area (Å²) in [6, 6.07) is 8.58. The average Bonchev–Trinajstić information content (AvgIpc) is 3.01. The van der Waals surface area contributed by atoms with Crippen LogP contribution in [-0.2, 0) is 9.84 Å². The zero-order chi connectivity index (χ0) is 15.0. The van der Waals surface area contributed by atoms with E-state index in [1.165, 1.54) is 0 Å². The number of sulfone groups is 1. The summed E-state index contributed by atoms with van der Waals surface area (Å²) in [5.41, 5.74) is -1.11. The molecule has 0 amide bonds. The van der Waals surface area contributed by atoms with E-state index in [0.29, 0.717) is 30.6 Å². The molecule has 0 unspecified atom stereocenters. The Morgan fingerprint density at radius 3 is 2.05 bits per heavy atom. The van der Waals surface area contributed by atoms with Crippen LogP contribution in [0.1, 0.15) is 44.9 Å². The van der Waals surface area contributed by atoms with Crippen molar-refractivity contribution in [1.29, 1.82) is 0 Å². The second-order valence-electron chi connectivity index (χ2n) is 6.28. The molecule has 1 fully saturated rings. The Kier molecular flexibility index (Phi) is 3.70. The maximum Gasteiger partial charge on any atom is 0.187 e. The maximum absolute atomic E-state index is 13.3. The lowest BCUT2D eigenvalue weighted by Gasteiger charge is -2.46. The number of hydrogen-bond acceptors (Lipinski definition) is 3. The zero-order valence-corrected chi connectivity index (χ0v) is 13.0. The monoisotopic (exact) mass is 306 g/mol. The van der Waals surface area contributed by atoms with Gasteiger partial charge in [0.15, 0.2) is 9.84 Å². The number of aliphatic hydroxyl groups is 1. The standard InChI is InChI=1S/C17H22O3S/c18-16(11-5-2-6-12-16)17(13-7-8-14-17)21(19,20)15-9-3-1-4-10-15/h1,3-4,7-10,18H,2,5-6,11-14H2. The zero-order valence-electron chi connectivity index (χ0n) is 12.2. The van der Waals surface area contributed by atoms with E-state index < -0.39 is 20.2 Å². The van der Waals surface area contributed by atoms with E-state index in [9.17, 15) is 13.5 Å². The minimum atomic E-state index is -3.57. The largest absolute Gasteiger partial charge is 0.388 e. The van der Waals surface area contributed by atoms with E-state index >= 15 is 0 Å². The van der Waals surface area contributed by atoms with Crippen molar-refractivity contribution in [3.8, 4) is 0 Å². The van der Waals surface area contributed by atoms with Gasteiger partial charge in [-0.25, -0.2) is 8.42 Å². The van der Waals surface area contributed by atoms with E-state index in [4.69, 9.17) is 0 Å². The molecule has 0 radical (unpaired) electrons. The molecular formula is C17H22O3S. The molecule has 3 nitrogen and oxygen atoms in total. The summed E-state index contributed by atoms with van der Waals surface area (Å²) in [4.78, 5) is 0.327. The van der Waals surface area contributed by atoms with Gasteiger partial charge in [-0.1, -0.05) is 49.6 Å². The molecule has 0 aromatic heterocycles. The lowest BCUT2D eigenvalue weighted by molar-refractivity contribution is -0.0325. The van der Waals surface area contributed by atoms with Gasteiger partial charge in [-0.15, -0.1) is 0 Å². The second kappa shape index (κ2) is 5.25. The van der Waals surface area contributed by atoms with Gasteiger partial charge in [0.05, 0.1) is 10.5 Å². The van der Waals surface area contributed by atoms with Gasteiger partial charge in [0.1, 0.15) is 4.75 Å². The summed E-state index contributed by atoms with van der Waals surface area (Å²) in [5, 5.41) is 11.2. The molecule has 0 atom stereocenters. The summed E-state index contributed by atoms with van der Waals surface area (Å²) < 4.78 is 25.4. The minimum Gasteiger partial charge on any atom is -0.388 e. The molecule has 0 aliphatic heterocycles. The number of allylic oxidation sites excluding steroid dienone is 2. The quantitative estimate of drug-likeness (QED) is 0.872. The summed E-state index contributed by atoms with van der Waals surface area (Å²) in [5.74, 6) is 0. The van der Waals surface area contributed by atoms with Crippen molar-refractivity contribution in [3.63, 3.8) is 0 Å². The smallest absolute Gasteiger partial charge is 0.187 e. The molecule has 2 aliphatic carbocycles. The SMILES string of the molecule is O=S(=O)(c1ccccc1)C1(C2(O)CCCCC2)CC=CC1. The Morgan fingerprint density at radius 2 is 1.48 bits per heavy atom. The highest BCUT2D eigenvalue weighted by Gasteiger charge is 2.59. The Bertz CT molecular complexity index is 617. The molecule has 0 bridgehead atoms. The summed E-state index contributed by atoms with van der Waals surface area (Å²) in [7, 11) is -3.57. The summed E-state index contributed by atoms with van der Waals surface area (Å²) in [6.07, 6.45) is 8.71. The Labute approximate surface area is 126 Å². The third-order valence-corrected chi connectivity index (χ3v) is 7.79. The summed E-state index contributed by atoms with van der Waals surface area (Å²) >= 11 is 0. The molecule has 1 N–H and O–H groups in total. The maximum atomic E-state index is 13.3. The van der Waals surface area contributed by atoms with Crippen molar-refractivity contribution in [2.45, 2.75) is 60.2 Å². The first-order valence-electron chi connectivity index (χ1n) is 7.69. The van der Waals surface area contributed by atoms with Crippen LogP contribution in [0.5, 0.6) is 0 Å². The van der Waals surface area contributed by atoms with Crippen molar-refractivity contribution in [2.24, 2.45) is 0 Å².